The van der Waals surface area contributed by atoms with Crippen LogP contribution < -0.4 is 16.2 Å². The molecule has 0 fully saturated rings. The average molecular weight is 314 g/mol. The van der Waals surface area contributed by atoms with Crippen LogP contribution in [0, 0.1) is 25.4 Å². The minimum atomic E-state index is -4.67. The van der Waals surface area contributed by atoms with Crippen molar-refractivity contribution in [1.29, 1.82) is 0 Å². The number of nitro groups is 2. The van der Waals surface area contributed by atoms with E-state index in [0.29, 0.717) is 0 Å². The van der Waals surface area contributed by atoms with Gasteiger partial charge >= 0.3 is 33.7 Å². The Morgan fingerprint density at radius 3 is 1.50 bits per heavy atom. The van der Waals surface area contributed by atoms with Gasteiger partial charge in [0.25, 0.3) is 0 Å². The summed E-state index contributed by atoms with van der Waals surface area (Å²) in [5.41, 5.74) is 9.99. The lowest BCUT2D eigenvalue weighted by atomic mass is 10.5. The van der Waals surface area contributed by atoms with Gasteiger partial charge in [0.1, 0.15) is 0 Å². The Labute approximate surface area is 108 Å². The van der Waals surface area contributed by atoms with E-state index in [1.165, 1.54) is 0 Å². The molecule has 1 rings (SSSR count). The van der Waals surface area contributed by atoms with Gasteiger partial charge in [-0.3, -0.25) is 9.11 Å². The highest BCUT2D eigenvalue weighted by Gasteiger charge is 2.30. The van der Waals surface area contributed by atoms with Crippen LogP contribution in [-0.2, 0) is 10.4 Å². The largest absolute Gasteiger partial charge is 0.739 e. The molecule has 0 bridgehead atoms. The van der Waals surface area contributed by atoms with Gasteiger partial charge < -0.3 is 36.9 Å². The lowest BCUT2D eigenvalue weighted by molar-refractivity contribution is -0.584. The van der Waals surface area contributed by atoms with Crippen molar-refractivity contribution in [3.05, 3.63) is 25.4 Å². The van der Waals surface area contributed by atoms with Crippen LogP contribution in [0.25, 0.3) is 0 Å². The molecule has 0 aliphatic rings. The minimum absolute atomic E-state index is 0.316. The molecule has 0 aliphatic carbocycles. The number of hydrogen-bond donors (Lipinski definition) is 4. The van der Waals surface area contributed by atoms with Crippen LogP contribution in [-0.4, -0.2) is 32.4 Å². The molecule has 0 aromatic carbocycles. The predicted molar refractivity (Wildman–Crippen MR) is 59.5 cm³/mol. The standard InChI is InChI=1S/C4H4N6O5.H2O4S/c5-1-3(9(12)13)7-4(10(14)15)2(6)8(1)11;1-5(2,3)4/h5-6H2;(H2,1,2,3,4). The summed E-state index contributed by atoms with van der Waals surface area (Å²) in [5, 5.41) is 31.7. The molecule has 0 radical (unpaired) electrons. The van der Waals surface area contributed by atoms with E-state index in [1.807, 2.05) is 0 Å². The normalized spacial score (nSPS) is 10.3. The molecule has 0 saturated carbocycles. The Hall–Kier alpha value is -2.85. The van der Waals surface area contributed by atoms with E-state index < -0.39 is 43.5 Å². The number of nitrogen functional groups attached to an aromatic ring is 2. The Morgan fingerprint density at radius 1 is 1.05 bits per heavy atom. The molecule has 1 heterocycles. The second-order valence-electron chi connectivity index (χ2n) is 2.79. The van der Waals surface area contributed by atoms with E-state index in [4.69, 9.17) is 29.0 Å². The minimum Gasteiger partial charge on any atom is -0.739 e. The fourth-order valence-corrected chi connectivity index (χ4v) is 0.795. The van der Waals surface area contributed by atoms with E-state index in [9.17, 15) is 25.4 Å². The van der Waals surface area contributed by atoms with E-state index >= 15 is 0 Å². The zero-order valence-electron chi connectivity index (χ0n) is 9.10. The van der Waals surface area contributed by atoms with E-state index in [0.717, 1.165) is 0 Å². The maximum Gasteiger partial charge on any atom is 0.441 e. The third kappa shape index (κ3) is 4.80. The van der Waals surface area contributed by atoms with Crippen LogP contribution in [0.4, 0.5) is 23.3 Å². The molecule has 0 saturated heterocycles. The smallest absolute Gasteiger partial charge is 0.441 e. The maximum absolute atomic E-state index is 11.0. The second-order valence-corrected chi connectivity index (χ2v) is 3.68. The van der Waals surface area contributed by atoms with Gasteiger partial charge in [-0.2, -0.15) is 8.42 Å². The molecule has 112 valence electrons. The Morgan fingerprint density at radius 2 is 1.30 bits per heavy atom. The van der Waals surface area contributed by atoms with Crippen LogP contribution in [0.1, 0.15) is 0 Å². The summed E-state index contributed by atoms with van der Waals surface area (Å²) in [6.45, 7) is 0. The quantitative estimate of drug-likeness (QED) is 0.152. The summed E-state index contributed by atoms with van der Waals surface area (Å²) < 4.78 is 31.3. The van der Waals surface area contributed by atoms with Crippen LogP contribution >= 0.6 is 0 Å². The fourth-order valence-electron chi connectivity index (χ4n) is 0.795. The second kappa shape index (κ2) is 5.86. The molecule has 16 heteroatoms. The van der Waals surface area contributed by atoms with Gasteiger partial charge in [-0.15, -0.1) is 0 Å². The highest BCUT2D eigenvalue weighted by atomic mass is 32.3. The molecular formula is C4H6N6O9S. The summed E-state index contributed by atoms with van der Waals surface area (Å²) in [5.74, 6) is -4.01. The number of rotatable bonds is 2. The van der Waals surface area contributed by atoms with Crippen molar-refractivity contribution < 1.29 is 32.1 Å². The van der Waals surface area contributed by atoms with Crippen LogP contribution in [0.2, 0.25) is 0 Å². The highest BCUT2D eigenvalue weighted by Crippen LogP contribution is 2.22. The van der Waals surface area contributed by atoms with Crippen molar-refractivity contribution in [2.24, 2.45) is 0 Å². The van der Waals surface area contributed by atoms with Gasteiger partial charge in [0.15, 0.2) is 0 Å². The van der Waals surface area contributed by atoms with E-state index in [2.05, 4.69) is 4.98 Å². The number of nitrogens with zero attached hydrogens (tertiary/aromatic N) is 4. The first-order valence-electron chi connectivity index (χ1n) is 4.03. The summed E-state index contributed by atoms with van der Waals surface area (Å²) in [6.07, 6.45) is 0. The van der Waals surface area contributed by atoms with Gasteiger partial charge in [0, 0.05) is 4.98 Å². The summed E-state index contributed by atoms with van der Waals surface area (Å²) in [4.78, 5) is 21.3. The highest BCUT2D eigenvalue weighted by molar-refractivity contribution is 7.79. The topological polar surface area (TPSA) is 253 Å². The van der Waals surface area contributed by atoms with Crippen LogP contribution in [0.3, 0.4) is 0 Å². The molecule has 1 aromatic rings. The molecule has 0 atom stereocenters. The first-order valence-corrected chi connectivity index (χ1v) is 5.43. The lowest BCUT2D eigenvalue weighted by Crippen LogP contribution is -2.36. The monoisotopic (exact) mass is 314 g/mol. The zero-order valence-corrected chi connectivity index (χ0v) is 9.92. The number of hydrogen-bond acceptors (Lipinski definition) is 10. The summed E-state index contributed by atoms with van der Waals surface area (Å²) in [7, 11) is -4.67. The van der Waals surface area contributed by atoms with Crippen LogP contribution in [0.5, 0.6) is 0 Å². The van der Waals surface area contributed by atoms with E-state index in [-0.39, 0.29) is 4.73 Å². The van der Waals surface area contributed by atoms with Crippen molar-refractivity contribution >= 4 is 33.7 Å². The number of anilines is 2. The predicted octanol–water partition coefficient (Wildman–Crippen LogP) is -1.96. The molecule has 15 nitrogen and oxygen atoms in total. The first kappa shape index (κ1) is 17.2. The number of nitrogens with two attached hydrogens (primary N) is 2. The van der Waals surface area contributed by atoms with Crippen molar-refractivity contribution in [2.45, 2.75) is 0 Å². The summed E-state index contributed by atoms with van der Waals surface area (Å²) >= 11 is 0. The van der Waals surface area contributed by atoms with Crippen LogP contribution in [0.15, 0.2) is 0 Å². The molecule has 0 aliphatic heterocycles. The van der Waals surface area contributed by atoms with Gasteiger partial charge in [-0.05, 0) is 9.85 Å². The van der Waals surface area contributed by atoms with Gasteiger partial charge in [0.05, 0.1) is 0 Å². The third-order valence-corrected chi connectivity index (χ3v) is 1.45. The zero-order chi connectivity index (χ0) is 16.2. The van der Waals surface area contributed by atoms with Crippen molar-refractivity contribution in [2.75, 3.05) is 11.5 Å². The Balaban J connectivity index is 0.000000621. The molecule has 20 heavy (non-hydrogen) atoms. The van der Waals surface area contributed by atoms with E-state index in [1.54, 1.807) is 0 Å². The number of aromatic nitrogens is 2. The van der Waals surface area contributed by atoms with Gasteiger partial charge in [-0.25, -0.2) is 4.73 Å². The lowest BCUT2D eigenvalue weighted by Gasteiger charge is -2.08. The Bertz CT molecular complexity index is 609. The SMILES string of the molecule is Nc1c([N+](=O)[O-])nc([N+](=O)[O-])c(N)[n+]1[O-].O=S(=O)(O)O. The molecule has 6 N–H and O–H groups in total. The molecule has 0 unspecified atom stereocenters. The van der Waals surface area contributed by atoms with Gasteiger partial charge in [-0.1, -0.05) is 0 Å². The molecular weight excluding hydrogens is 308 g/mol. The fraction of sp³-hybridized carbons (Fsp3) is 0. The van der Waals surface area contributed by atoms with Crippen molar-refractivity contribution in [3.8, 4) is 0 Å². The average Bonchev–Trinajstić information content (AvgIpc) is 2.22. The molecule has 0 spiro atoms. The van der Waals surface area contributed by atoms with Gasteiger partial charge in [0.2, 0.25) is 0 Å². The maximum atomic E-state index is 11.0. The first-order chi connectivity index (χ1) is 8.86. The van der Waals surface area contributed by atoms with Crippen molar-refractivity contribution in [3.63, 3.8) is 0 Å². The Kier molecular flexibility index (Phi) is 5.03. The molecule has 0 amide bonds. The summed E-state index contributed by atoms with van der Waals surface area (Å²) in [6, 6.07) is 0. The molecule has 1 aromatic heterocycles. The third-order valence-electron chi connectivity index (χ3n) is 1.45. The van der Waals surface area contributed by atoms with Crippen molar-refractivity contribution in [1.82, 2.24) is 4.98 Å².